The van der Waals surface area contributed by atoms with Crippen LogP contribution in [0.2, 0.25) is 0 Å². The van der Waals surface area contributed by atoms with E-state index in [1.807, 2.05) is 49.7 Å². The van der Waals surface area contributed by atoms with Gasteiger partial charge in [-0.15, -0.1) is 11.3 Å². The Bertz CT molecular complexity index is 550. The summed E-state index contributed by atoms with van der Waals surface area (Å²) in [5.41, 5.74) is 2.82. The highest BCUT2D eigenvalue weighted by Gasteiger charge is 2.15. The van der Waals surface area contributed by atoms with Crippen LogP contribution in [-0.2, 0) is 0 Å². The number of rotatable bonds is 2. The Morgan fingerprint density at radius 3 is 2.65 bits per heavy atom. The second-order valence-corrected chi connectivity index (χ2v) is 6.60. The summed E-state index contributed by atoms with van der Waals surface area (Å²) in [6.45, 7) is 2.01. The Morgan fingerprint density at radius 1 is 1.35 bits per heavy atom. The Morgan fingerprint density at radius 2 is 2.06 bits per heavy atom. The number of anilines is 1. The fourth-order valence-corrected chi connectivity index (χ4v) is 2.99. The average molecular weight is 357 g/mol. The molecule has 2 aromatic rings. The lowest BCUT2D eigenvalue weighted by atomic mass is 10.1. The molecule has 0 N–H and O–H groups in total. The van der Waals surface area contributed by atoms with Gasteiger partial charge in [0.15, 0.2) is 0 Å². The molecule has 0 bridgehead atoms. The predicted molar refractivity (Wildman–Crippen MR) is 80.9 cm³/mol. The number of hydrogen-bond acceptors (Lipinski definition) is 2. The molecule has 0 saturated carbocycles. The van der Waals surface area contributed by atoms with E-state index in [9.17, 15) is 4.79 Å². The van der Waals surface area contributed by atoms with Crippen LogP contribution >= 0.6 is 33.9 Å². The number of para-hydroxylation sites is 1. The van der Waals surface area contributed by atoms with Crippen LogP contribution in [0.3, 0.4) is 0 Å². The van der Waals surface area contributed by atoms with Crippen molar-refractivity contribution in [2.24, 2.45) is 0 Å². The summed E-state index contributed by atoms with van der Waals surface area (Å²) in [5, 5.41) is 1.90. The second kappa shape index (κ2) is 5.18. The van der Waals surface area contributed by atoms with Crippen LogP contribution in [-0.4, -0.2) is 13.0 Å². The molecule has 0 aliphatic carbocycles. The van der Waals surface area contributed by atoms with E-state index in [1.165, 1.54) is 0 Å². The lowest BCUT2D eigenvalue weighted by molar-refractivity contribution is 0.0993. The quantitative estimate of drug-likeness (QED) is 0.746. The van der Waals surface area contributed by atoms with Gasteiger partial charge in [-0.3, -0.25) is 4.79 Å². The van der Waals surface area contributed by atoms with Crippen molar-refractivity contribution in [2.75, 3.05) is 11.9 Å². The molecule has 0 fully saturated rings. The van der Waals surface area contributed by atoms with Crippen LogP contribution in [0.5, 0.6) is 0 Å². The van der Waals surface area contributed by atoms with Crippen molar-refractivity contribution in [1.29, 1.82) is 0 Å². The molecule has 0 aliphatic heterocycles. The van der Waals surface area contributed by atoms with E-state index in [1.54, 1.807) is 16.2 Å². The van der Waals surface area contributed by atoms with Crippen LogP contribution in [0, 0.1) is 9.81 Å². The van der Waals surface area contributed by atoms with Gasteiger partial charge in [0.05, 0.1) is 8.45 Å². The molecule has 2 rings (SSSR count). The number of hydrogen-bond donors (Lipinski definition) is 0. The molecule has 1 aromatic carbocycles. The first-order valence-electron chi connectivity index (χ1n) is 5.17. The van der Waals surface area contributed by atoms with Crippen LogP contribution in [0.4, 0.5) is 5.69 Å². The number of carbonyl (C=O) groups is 1. The fourth-order valence-electron chi connectivity index (χ4n) is 1.67. The summed E-state index contributed by atoms with van der Waals surface area (Å²) >= 11 is 3.82. The van der Waals surface area contributed by atoms with Gasteiger partial charge in [0.1, 0.15) is 0 Å². The Balaban J connectivity index is 2.29. The maximum Gasteiger partial charge on any atom is 0.258 e. The van der Waals surface area contributed by atoms with Gasteiger partial charge in [-0.25, -0.2) is 0 Å². The van der Waals surface area contributed by atoms with E-state index in [4.69, 9.17) is 0 Å². The zero-order valence-corrected chi connectivity index (χ0v) is 12.6. The van der Waals surface area contributed by atoms with Gasteiger partial charge in [-0.2, -0.15) is 0 Å². The van der Waals surface area contributed by atoms with Gasteiger partial charge in [-0.1, -0.05) is 18.2 Å². The lowest BCUT2D eigenvalue weighted by Crippen LogP contribution is -2.26. The molecule has 0 unspecified atom stereocenters. The predicted octanol–water partition coefficient (Wildman–Crippen LogP) is 3.94. The minimum absolute atomic E-state index is 0.0402. The first-order chi connectivity index (χ1) is 8.09. The molecule has 4 heteroatoms. The summed E-state index contributed by atoms with van der Waals surface area (Å²) < 4.78 is 1.13. The summed E-state index contributed by atoms with van der Waals surface area (Å²) in [7, 11) is 1.81. The minimum atomic E-state index is 0.0402. The van der Waals surface area contributed by atoms with Gasteiger partial charge < -0.3 is 4.90 Å². The van der Waals surface area contributed by atoms with E-state index in [0.717, 1.165) is 19.7 Å². The van der Waals surface area contributed by atoms with Gasteiger partial charge in [0.2, 0.25) is 0 Å². The van der Waals surface area contributed by atoms with Crippen molar-refractivity contribution in [3.63, 3.8) is 0 Å². The molecule has 1 amide bonds. The zero-order chi connectivity index (χ0) is 12.4. The molecular formula is C13H12INOS. The lowest BCUT2D eigenvalue weighted by Gasteiger charge is -2.18. The monoisotopic (exact) mass is 357 g/mol. The third-order valence-electron chi connectivity index (χ3n) is 2.60. The molecule has 2 nitrogen and oxygen atoms in total. The molecule has 0 radical (unpaired) electrons. The number of thiophene rings is 1. The van der Waals surface area contributed by atoms with Crippen LogP contribution in [0.25, 0.3) is 0 Å². The highest BCUT2D eigenvalue weighted by Crippen LogP contribution is 2.22. The van der Waals surface area contributed by atoms with E-state index in [2.05, 4.69) is 22.6 Å². The molecule has 88 valence electrons. The number of benzene rings is 1. The third kappa shape index (κ3) is 2.69. The maximum atomic E-state index is 12.2. The van der Waals surface area contributed by atoms with Crippen molar-refractivity contribution < 1.29 is 4.79 Å². The number of carbonyl (C=O) groups excluding carboxylic acids is 1. The van der Waals surface area contributed by atoms with Crippen molar-refractivity contribution >= 4 is 45.5 Å². The largest absolute Gasteiger partial charge is 0.311 e. The maximum absolute atomic E-state index is 12.2. The fraction of sp³-hybridized carbons (Fsp3) is 0.154. The van der Waals surface area contributed by atoms with E-state index in [-0.39, 0.29) is 5.91 Å². The van der Waals surface area contributed by atoms with E-state index in [0.29, 0.717) is 0 Å². The topological polar surface area (TPSA) is 20.3 Å². The smallest absolute Gasteiger partial charge is 0.258 e. The number of nitrogens with zero attached hydrogens (tertiary/aromatic N) is 1. The Labute approximate surface area is 118 Å². The van der Waals surface area contributed by atoms with Crippen LogP contribution in [0.1, 0.15) is 15.9 Å². The minimum Gasteiger partial charge on any atom is -0.311 e. The second-order valence-electron chi connectivity index (χ2n) is 3.79. The Kier molecular flexibility index (Phi) is 3.83. The Hall–Kier alpha value is -0.880. The van der Waals surface area contributed by atoms with E-state index >= 15 is 0 Å². The normalized spacial score (nSPS) is 10.3. The van der Waals surface area contributed by atoms with Crippen LogP contribution < -0.4 is 4.90 Å². The van der Waals surface area contributed by atoms with Gasteiger partial charge in [0, 0.05) is 18.1 Å². The highest BCUT2D eigenvalue weighted by atomic mass is 127. The molecule has 0 saturated heterocycles. The number of amides is 1. The van der Waals surface area contributed by atoms with Gasteiger partial charge >= 0.3 is 0 Å². The third-order valence-corrected chi connectivity index (χ3v) is 4.38. The number of aryl methyl sites for hydroxylation is 1. The summed E-state index contributed by atoms with van der Waals surface area (Å²) in [6, 6.07) is 9.82. The molecule has 1 heterocycles. The van der Waals surface area contributed by atoms with Crippen molar-refractivity contribution in [3.8, 4) is 0 Å². The van der Waals surface area contributed by atoms with E-state index < -0.39 is 0 Å². The SMILES string of the molecule is Cc1ccccc1N(C)C(=O)c1csc(I)c1. The van der Waals surface area contributed by atoms with Gasteiger partial charge in [0.25, 0.3) is 5.91 Å². The molecular weight excluding hydrogens is 345 g/mol. The first kappa shape index (κ1) is 12.6. The first-order valence-corrected chi connectivity index (χ1v) is 7.13. The molecule has 1 aromatic heterocycles. The van der Waals surface area contributed by atoms with Crippen molar-refractivity contribution in [3.05, 3.63) is 49.7 Å². The number of halogens is 1. The van der Waals surface area contributed by atoms with Crippen molar-refractivity contribution in [1.82, 2.24) is 0 Å². The highest BCUT2D eigenvalue weighted by molar-refractivity contribution is 14.1. The van der Waals surface area contributed by atoms with Crippen molar-refractivity contribution in [2.45, 2.75) is 6.92 Å². The zero-order valence-electron chi connectivity index (χ0n) is 9.61. The summed E-state index contributed by atoms with van der Waals surface area (Å²) in [6.07, 6.45) is 0. The molecule has 0 atom stereocenters. The summed E-state index contributed by atoms with van der Waals surface area (Å²) in [5.74, 6) is 0.0402. The average Bonchev–Trinajstić information content (AvgIpc) is 2.75. The summed E-state index contributed by atoms with van der Waals surface area (Å²) in [4.78, 5) is 13.9. The standard InChI is InChI=1S/C13H12INOS/c1-9-5-3-4-6-11(9)15(2)13(16)10-7-12(14)17-8-10/h3-8H,1-2H3. The molecule has 0 aliphatic rings. The molecule has 0 spiro atoms. The molecule has 17 heavy (non-hydrogen) atoms. The van der Waals surface area contributed by atoms with Crippen LogP contribution in [0.15, 0.2) is 35.7 Å². The van der Waals surface area contributed by atoms with Gasteiger partial charge in [-0.05, 0) is 47.2 Å².